The van der Waals surface area contributed by atoms with Crippen LogP contribution in [0.4, 0.5) is 4.39 Å². The molecule has 0 saturated carbocycles. The Labute approximate surface area is 158 Å². The van der Waals surface area contributed by atoms with Crippen LogP contribution in [-0.2, 0) is 11.2 Å². The second kappa shape index (κ2) is 8.66. The van der Waals surface area contributed by atoms with Crippen molar-refractivity contribution in [2.24, 2.45) is 0 Å². The number of hydrogen-bond donors (Lipinski definition) is 0. The van der Waals surface area contributed by atoms with Crippen LogP contribution in [0.2, 0.25) is 0 Å². The monoisotopic (exact) mass is 370 g/mol. The van der Waals surface area contributed by atoms with Crippen LogP contribution in [0.25, 0.3) is 0 Å². The number of rotatable bonds is 4. The highest BCUT2D eigenvalue weighted by Crippen LogP contribution is 2.19. The Morgan fingerprint density at radius 1 is 1.00 bits per heavy atom. The molecule has 1 aliphatic heterocycles. The fraction of sp³-hybridized carbons (Fsp3) is 0.333. The zero-order valence-corrected chi connectivity index (χ0v) is 15.4. The average molecular weight is 370 g/mol. The largest absolute Gasteiger partial charge is 0.494 e. The number of methoxy groups -OCH3 is 1. The van der Waals surface area contributed by atoms with Gasteiger partial charge in [-0.15, -0.1) is 0 Å². The minimum Gasteiger partial charge on any atom is -0.494 e. The van der Waals surface area contributed by atoms with Gasteiger partial charge in [0, 0.05) is 31.7 Å². The molecule has 0 spiro atoms. The van der Waals surface area contributed by atoms with Crippen LogP contribution in [-0.4, -0.2) is 54.9 Å². The van der Waals surface area contributed by atoms with E-state index in [0.29, 0.717) is 39.0 Å². The molecule has 27 heavy (non-hydrogen) atoms. The number of nitrogens with zero attached hydrogens (tertiary/aromatic N) is 2. The summed E-state index contributed by atoms with van der Waals surface area (Å²) in [6.07, 6.45) is 1.06. The molecule has 0 bridgehead atoms. The molecule has 0 unspecified atom stereocenters. The lowest BCUT2D eigenvalue weighted by Crippen LogP contribution is -2.38. The van der Waals surface area contributed by atoms with Crippen molar-refractivity contribution in [3.8, 4) is 5.75 Å². The first-order valence-corrected chi connectivity index (χ1v) is 9.03. The van der Waals surface area contributed by atoms with E-state index in [1.54, 1.807) is 15.9 Å². The normalized spacial score (nSPS) is 14.6. The molecule has 1 saturated heterocycles. The van der Waals surface area contributed by atoms with Crippen molar-refractivity contribution in [3.05, 3.63) is 65.5 Å². The van der Waals surface area contributed by atoms with Gasteiger partial charge in [-0.1, -0.05) is 30.3 Å². The van der Waals surface area contributed by atoms with E-state index >= 15 is 0 Å². The van der Waals surface area contributed by atoms with Crippen LogP contribution in [0, 0.1) is 5.82 Å². The molecule has 1 aliphatic rings. The smallest absolute Gasteiger partial charge is 0.254 e. The molecule has 5 nitrogen and oxygen atoms in total. The Kier molecular flexibility index (Phi) is 6.06. The lowest BCUT2D eigenvalue weighted by atomic mass is 10.1. The molecule has 0 aromatic heterocycles. The van der Waals surface area contributed by atoms with E-state index in [9.17, 15) is 14.0 Å². The molecule has 0 aliphatic carbocycles. The van der Waals surface area contributed by atoms with Crippen molar-refractivity contribution in [1.29, 1.82) is 0 Å². The summed E-state index contributed by atoms with van der Waals surface area (Å²) in [5, 5.41) is 0. The maximum absolute atomic E-state index is 13.9. The summed E-state index contributed by atoms with van der Waals surface area (Å²) in [7, 11) is 1.38. The van der Waals surface area contributed by atoms with Crippen molar-refractivity contribution in [1.82, 2.24) is 9.80 Å². The van der Waals surface area contributed by atoms with Crippen molar-refractivity contribution in [2.45, 2.75) is 12.8 Å². The van der Waals surface area contributed by atoms with Gasteiger partial charge in [-0.2, -0.15) is 0 Å². The molecule has 142 valence electrons. The number of halogens is 1. The molecule has 3 rings (SSSR count). The highest BCUT2D eigenvalue weighted by Gasteiger charge is 2.23. The van der Waals surface area contributed by atoms with Crippen LogP contribution >= 0.6 is 0 Å². The molecule has 0 atom stereocenters. The molecular formula is C21H23FN2O3. The third-order valence-corrected chi connectivity index (χ3v) is 4.73. The van der Waals surface area contributed by atoms with Crippen LogP contribution in [0.3, 0.4) is 0 Å². The van der Waals surface area contributed by atoms with E-state index in [2.05, 4.69) is 0 Å². The van der Waals surface area contributed by atoms with Gasteiger partial charge in [-0.3, -0.25) is 9.59 Å². The summed E-state index contributed by atoms with van der Waals surface area (Å²) in [6.45, 7) is 2.08. The molecular weight excluding hydrogens is 347 g/mol. The van der Waals surface area contributed by atoms with Crippen LogP contribution in [0.15, 0.2) is 48.5 Å². The van der Waals surface area contributed by atoms with Gasteiger partial charge < -0.3 is 14.5 Å². The minimum absolute atomic E-state index is 0.0611. The zero-order valence-electron chi connectivity index (χ0n) is 15.4. The maximum Gasteiger partial charge on any atom is 0.254 e. The van der Waals surface area contributed by atoms with Crippen LogP contribution in [0.1, 0.15) is 22.3 Å². The van der Waals surface area contributed by atoms with E-state index in [1.807, 2.05) is 30.3 Å². The van der Waals surface area contributed by atoms with Gasteiger partial charge in [-0.25, -0.2) is 4.39 Å². The van der Waals surface area contributed by atoms with Gasteiger partial charge in [0.05, 0.1) is 13.5 Å². The van der Waals surface area contributed by atoms with Crippen molar-refractivity contribution >= 4 is 11.8 Å². The van der Waals surface area contributed by atoms with Crippen molar-refractivity contribution in [2.75, 3.05) is 33.3 Å². The SMILES string of the molecule is COc1ccc(C(=O)N2CCCN(C(=O)Cc3ccccc3)CC2)cc1F. The van der Waals surface area contributed by atoms with Crippen LogP contribution in [0.5, 0.6) is 5.75 Å². The highest BCUT2D eigenvalue weighted by atomic mass is 19.1. The predicted molar refractivity (Wildman–Crippen MR) is 100 cm³/mol. The fourth-order valence-electron chi connectivity index (χ4n) is 3.23. The Bertz CT molecular complexity index is 810. The van der Waals surface area contributed by atoms with Gasteiger partial charge in [0.15, 0.2) is 11.6 Å². The number of amides is 2. The van der Waals surface area contributed by atoms with Crippen molar-refractivity contribution in [3.63, 3.8) is 0 Å². The van der Waals surface area contributed by atoms with Gasteiger partial charge in [0.2, 0.25) is 5.91 Å². The third-order valence-electron chi connectivity index (χ3n) is 4.73. The first-order chi connectivity index (χ1) is 13.1. The number of benzene rings is 2. The molecule has 0 N–H and O–H groups in total. The first kappa shape index (κ1) is 18.9. The van der Waals surface area contributed by atoms with Gasteiger partial charge in [-0.05, 0) is 30.2 Å². The van der Waals surface area contributed by atoms with E-state index in [4.69, 9.17) is 4.74 Å². The van der Waals surface area contributed by atoms with E-state index < -0.39 is 5.82 Å². The molecule has 1 fully saturated rings. The molecule has 0 radical (unpaired) electrons. The fourth-order valence-corrected chi connectivity index (χ4v) is 3.23. The molecule has 1 heterocycles. The average Bonchev–Trinajstić information content (AvgIpc) is 2.94. The summed E-state index contributed by atoms with van der Waals surface area (Å²) in [4.78, 5) is 28.7. The lowest BCUT2D eigenvalue weighted by Gasteiger charge is -2.22. The maximum atomic E-state index is 13.9. The Morgan fingerprint density at radius 3 is 2.41 bits per heavy atom. The first-order valence-electron chi connectivity index (χ1n) is 9.03. The van der Waals surface area contributed by atoms with E-state index in [1.165, 1.54) is 19.2 Å². The minimum atomic E-state index is -0.558. The second-order valence-electron chi connectivity index (χ2n) is 6.54. The predicted octanol–water partition coefficient (Wildman–Crippen LogP) is 2.75. The van der Waals surface area contributed by atoms with E-state index in [-0.39, 0.29) is 23.1 Å². The Morgan fingerprint density at radius 2 is 1.70 bits per heavy atom. The molecule has 2 amide bonds. The Hall–Kier alpha value is -2.89. The van der Waals surface area contributed by atoms with Gasteiger partial charge in [0.1, 0.15) is 0 Å². The molecule has 2 aromatic carbocycles. The summed E-state index contributed by atoms with van der Waals surface area (Å²) in [5.74, 6) is -0.613. The van der Waals surface area contributed by atoms with Gasteiger partial charge >= 0.3 is 0 Å². The molecule has 2 aromatic rings. The summed E-state index contributed by atoms with van der Waals surface area (Å²) < 4.78 is 18.8. The number of ether oxygens (including phenoxy) is 1. The quantitative estimate of drug-likeness (QED) is 0.832. The number of carbonyl (C=O) groups is 2. The van der Waals surface area contributed by atoms with E-state index in [0.717, 1.165) is 5.56 Å². The number of hydrogen-bond acceptors (Lipinski definition) is 3. The summed E-state index contributed by atoms with van der Waals surface area (Å²) >= 11 is 0. The number of carbonyl (C=O) groups excluding carboxylic acids is 2. The summed E-state index contributed by atoms with van der Waals surface area (Å²) in [5.41, 5.74) is 1.27. The highest BCUT2D eigenvalue weighted by molar-refractivity contribution is 5.94. The van der Waals surface area contributed by atoms with Crippen LogP contribution < -0.4 is 4.74 Å². The standard InChI is InChI=1S/C21H23FN2O3/c1-27-19-9-8-17(15-18(19)22)21(26)24-11-5-10-23(12-13-24)20(25)14-16-6-3-2-4-7-16/h2-4,6-9,15H,5,10-14H2,1H3. The third kappa shape index (κ3) is 4.64. The van der Waals surface area contributed by atoms with Crippen molar-refractivity contribution < 1.29 is 18.7 Å². The second-order valence-corrected chi connectivity index (χ2v) is 6.54. The lowest BCUT2D eigenvalue weighted by molar-refractivity contribution is -0.130. The zero-order chi connectivity index (χ0) is 19.2. The summed E-state index contributed by atoms with van der Waals surface area (Å²) in [6, 6.07) is 13.8. The topological polar surface area (TPSA) is 49.9 Å². The Balaban J connectivity index is 1.61. The molecule has 6 heteroatoms. The van der Waals surface area contributed by atoms with Gasteiger partial charge in [0.25, 0.3) is 5.91 Å².